The van der Waals surface area contributed by atoms with Crippen molar-refractivity contribution in [3.05, 3.63) is 17.2 Å². The second-order valence-corrected chi connectivity index (χ2v) is 3.11. The zero-order valence-corrected chi connectivity index (χ0v) is 8.37. The highest BCUT2D eigenvalue weighted by molar-refractivity contribution is 4.72. The van der Waals surface area contributed by atoms with E-state index in [0.29, 0.717) is 0 Å². The molecule has 0 aliphatic rings. The molecule has 0 unspecified atom stereocenters. The molecule has 76 valence electrons. The van der Waals surface area contributed by atoms with E-state index in [2.05, 4.69) is 17.1 Å². The summed E-state index contributed by atoms with van der Waals surface area (Å²) >= 11 is 0. The SMILES string of the molecule is CCCCCCCCC=CON=O. The minimum atomic E-state index is 0.974. The Kier molecular flexibility index (Phi) is 10.4. The molecule has 0 rings (SSSR count). The predicted molar refractivity (Wildman–Crippen MR) is 54.0 cm³/mol. The third-order valence-electron chi connectivity index (χ3n) is 1.92. The molecule has 0 aromatic carbocycles. The molecule has 0 radical (unpaired) electrons. The van der Waals surface area contributed by atoms with Gasteiger partial charge in [0, 0.05) is 0 Å². The standard InChI is InChI=1S/C10H19NO2/c1-2-3-4-5-6-7-8-9-10-13-11-12/h9-10H,2-8H2,1H3. The summed E-state index contributed by atoms with van der Waals surface area (Å²) < 4.78 is 0. The van der Waals surface area contributed by atoms with E-state index in [-0.39, 0.29) is 0 Å². The maximum atomic E-state index is 9.49. The summed E-state index contributed by atoms with van der Waals surface area (Å²) in [6.07, 6.45) is 11.9. The number of allylic oxidation sites excluding steroid dienone is 1. The van der Waals surface area contributed by atoms with E-state index in [1.165, 1.54) is 44.8 Å². The quantitative estimate of drug-likeness (QED) is 0.236. The van der Waals surface area contributed by atoms with E-state index >= 15 is 0 Å². The van der Waals surface area contributed by atoms with Gasteiger partial charge in [-0.2, -0.15) is 0 Å². The van der Waals surface area contributed by atoms with Crippen LogP contribution in [0.5, 0.6) is 0 Å². The molecule has 0 N–H and O–H groups in total. The van der Waals surface area contributed by atoms with Gasteiger partial charge in [0.05, 0.1) is 0 Å². The molecule has 3 heteroatoms. The Balaban J connectivity index is 2.94. The molecule has 0 aromatic heterocycles. The van der Waals surface area contributed by atoms with Gasteiger partial charge in [-0.25, -0.2) is 0 Å². The normalized spacial score (nSPS) is 10.5. The van der Waals surface area contributed by atoms with Crippen molar-refractivity contribution in [1.82, 2.24) is 0 Å². The number of hydrogen-bond donors (Lipinski definition) is 0. The van der Waals surface area contributed by atoms with Crippen LogP contribution in [0.4, 0.5) is 0 Å². The lowest BCUT2D eigenvalue weighted by atomic mass is 10.1. The van der Waals surface area contributed by atoms with Crippen LogP contribution < -0.4 is 0 Å². The maximum Gasteiger partial charge on any atom is 0.160 e. The van der Waals surface area contributed by atoms with Crippen molar-refractivity contribution < 1.29 is 4.84 Å². The maximum absolute atomic E-state index is 9.49. The zero-order chi connectivity index (χ0) is 9.78. The van der Waals surface area contributed by atoms with Crippen LogP contribution in [0.2, 0.25) is 0 Å². The summed E-state index contributed by atoms with van der Waals surface area (Å²) in [7, 11) is 0. The lowest BCUT2D eigenvalue weighted by Crippen LogP contribution is -1.77. The van der Waals surface area contributed by atoms with E-state index in [1.807, 2.05) is 6.08 Å². The molecule has 0 heterocycles. The van der Waals surface area contributed by atoms with Crippen molar-refractivity contribution in [1.29, 1.82) is 0 Å². The molecule has 0 fully saturated rings. The summed E-state index contributed by atoms with van der Waals surface area (Å²) in [5.74, 6) is 0. The molecule has 0 saturated heterocycles. The van der Waals surface area contributed by atoms with Crippen molar-refractivity contribution in [2.75, 3.05) is 0 Å². The van der Waals surface area contributed by atoms with E-state index in [9.17, 15) is 4.91 Å². The summed E-state index contributed by atoms with van der Waals surface area (Å²) in [5.41, 5.74) is 0. The van der Waals surface area contributed by atoms with Crippen molar-refractivity contribution in [3.63, 3.8) is 0 Å². The fourth-order valence-corrected chi connectivity index (χ4v) is 1.18. The van der Waals surface area contributed by atoms with Crippen LogP contribution in [0, 0.1) is 4.91 Å². The van der Waals surface area contributed by atoms with Crippen molar-refractivity contribution in [2.45, 2.75) is 51.9 Å². The molecule has 0 amide bonds. The molecule has 0 aromatic rings. The van der Waals surface area contributed by atoms with Gasteiger partial charge in [0.25, 0.3) is 0 Å². The predicted octanol–water partition coefficient (Wildman–Crippen LogP) is 3.95. The first kappa shape index (κ1) is 12.1. The second kappa shape index (κ2) is 11.1. The van der Waals surface area contributed by atoms with Crippen LogP contribution in [0.3, 0.4) is 0 Å². The molecular weight excluding hydrogens is 166 g/mol. The van der Waals surface area contributed by atoms with Gasteiger partial charge in [-0.15, -0.1) is 4.91 Å². The third-order valence-corrected chi connectivity index (χ3v) is 1.92. The van der Waals surface area contributed by atoms with E-state index in [1.54, 1.807) is 0 Å². The smallest absolute Gasteiger partial charge is 0.160 e. The van der Waals surface area contributed by atoms with Crippen LogP contribution in [-0.4, -0.2) is 0 Å². The molecule has 0 saturated carbocycles. The van der Waals surface area contributed by atoms with Gasteiger partial charge in [0.2, 0.25) is 0 Å². The number of nitrogens with zero attached hydrogens (tertiary/aromatic N) is 1. The number of rotatable bonds is 9. The summed E-state index contributed by atoms with van der Waals surface area (Å²) in [6, 6.07) is 0. The summed E-state index contributed by atoms with van der Waals surface area (Å²) in [5, 5.41) is 2.26. The van der Waals surface area contributed by atoms with Gasteiger partial charge in [-0.3, -0.25) is 0 Å². The topological polar surface area (TPSA) is 38.7 Å². The number of hydrogen-bond acceptors (Lipinski definition) is 3. The Morgan fingerprint density at radius 2 is 1.85 bits per heavy atom. The van der Waals surface area contributed by atoms with Crippen LogP contribution in [0.1, 0.15) is 51.9 Å². The van der Waals surface area contributed by atoms with Gasteiger partial charge in [0.15, 0.2) is 5.34 Å². The molecule has 0 bridgehead atoms. The van der Waals surface area contributed by atoms with E-state index in [4.69, 9.17) is 0 Å². The van der Waals surface area contributed by atoms with Gasteiger partial charge >= 0.3 is 0 Å². The first-order valence-electron chi connectivity index (χ1n) is 5.05. The third kappa shape index (κ3) is 11.1. The Labute approximate surface area is 80.1 Å². The Hall–Kier alpha value is -0.860. The highest BCUT2D eigenvalue weighted by atomic mass is 16.7. The molecule has 0 aliphatic heterocycles. The van der Waals surface area contributed by atoms with Crippen molar-refractivity contribution >= 4 is 0 Å². The van der Waals surface area contributed by atoms with Gasteiger partial charge in [-0.1, -0.05) is 39.0 Å². The largest absolute Gasteiger partial charge is 0.332 e. The fourth-order valence-electron chi connectivity index (χ4n) is 1.18. The second-order valence-electron chi connectivity index (χ2n) is 3.11. The van der Waals surface area contributed by atoms with Crippen molar-refractivity contribution in [2.24, 2.45) is 5.34 Å². The lowest BCUT2D eigenvalue weighted by molar-refractivity contribution is 0.261. The average Bonchev–Trinajstić information content (AvgIpc) is 2.16. The van der Waals surface area contributed by atoms with Crippen LogP contribution >= 0.6 is 0 Å². The first-order valence-corrected chi connectivity index (χ1v) is 5.05. The Morgan fingerprint density at radius 3 is 2.54 bits per heavy atom. The van der Waals surface area contributed by atoms with Gasteiger partial charge < -0.3 is 4.84 Å². The minimum Gasteiger partial charge on any atom is -0.332 e. The van der Waals surface area contributed by atoms with Crippen LogP contribution in [-0.2, 0) is 4.84 Å². The summed E-state index contributed by atoms with van der Waals surface area (Å²) in [6.45, 7) is 2.21. The molecule has 3 nitrogen and oxygen atoms in total. The zero-order valence-electron chi connectivity index (χ0n) is 8.37. The highest BCUT2D eigenvalue weighted by Gasteiger charge is 1.87. The fraction of sp³-hybridized carbons (Fsp3) is 0.800. The lowest BCUT2D eigenvalue weighted by Gasteiger charge is -1.96. The monoisotopic (exact) mass is 185 g/mol. The van der Waals surface area contributed by atoms with Gasteiger partial charge in [-0.05, 0) is 18.9 Å². The Morgan fingerprint density at radius 1 is 1.15 bits per heavy atom. The molecule has 0 spiro atoms. The number of unbranched alkanes of at least 4 members (excludes halogenated alkanes) is 6. The minimum absolute atomic E-state index is 0.974. The first-order chi connectivity index (χ1) is 6.41. The summed E-state index contributed by atoms with van der Waals surface area (Å²) in [4.78, 5) is 13.7. The molecular formula is C10H19NO2. The van der Waals surface area contributed by atoms with E-state index < -0.39 is 0 Å². The highest BCUT2D eigenvalue weighted by Crippen LogP contribution is 2.06. The average molecular weight is 185 g/mol. The van der Waals surface area contributed by atoms with Crippen molar-refractivity contribution in [3.8, 4) is 0 Å². The molecule has 0 aliphatic carbocycles. The Bertz CT molecular complexity index is 135. The van der Waals surface area contributed by atoms with Crippen LogP contribution in [0.25, 0.3) is 0 Å². The van der Waals surface area contributed by atoms with E-state index in [0.717, 1.165) is 6.42 Å². The molecule has 0 atom stereocenters. The van der Waals surface area contributed by atoms with Gasteiger partial charge in [0.1, 0.15) is 6.26 Å². The molecule has 13 heavy (non-hydrogen) atoms. The van der Waals surface area contributed by atoms with Crippen LogP contribution in [0.15, 0.2) is 17.7 Å².